The molecule has 11 heteroatoms. The maximum atomic E-state index is 14.1. The van der Waals surface area contributed by atoms with Gasteiger partial charge in [-0.3, -0.25) is 9.36 Å². The Bertz CT molecular complexity index is 1550. The molecule has 0 atom stereocenters. The van der Waals surface area contributed by atoms with Crippen molar-refractivity contribution in [2.24, 2.45) is 0 Å². The molecule has 10 nitrogen and oxygen atoms in total. The van der Waals surface area contributed by atoms with Gasteiger partial charge in [-0.1, -0.05) is 19.3 Å². The van der Waals surface area contributed by atoms with Gasteiger partial charge < -0.3 is 19.7 Å². The van der Waals surface area contributed by atoms with Gasteiger partial charge in [0.15, 0.2) is 0 Å². The SMILES string of the molecule is CCOc1ccc2c(c1)n(C1CCCCC1)c(=O)n2S(=O)(=O)c1ccc(C(=O)NC(C)(C)CN(C)C)cc1OC. The van der Waals surface area contributed by atoms with E-state index in [0.29, 0.717) is 24.4 Å². The van der Waals surface area contributed by atoms with Crippen LogP contribution in [0.5, 0.6) is 11.5 Å². The van der Waals surface area contributed by atoms with Crippen LogP contribution in [-0.4, -0.2) is 67.7 Å². The fourth-order valence-electron chi connectivity index (χ4n) is 5.68. The highest BCUT2D eigenvalue weighted by molar-refractivity contribution is 7.90. The lowest BCUT2D eigenvalue weighted by Crippen LogP contribution is -2.50. The third-order valence-electron chi connectivity index (χ3n) is 7.16. The predicted octanol–water partition coefficient (Wildman–Crippen LogP) is 4.02. The molecule has 0 bridgehead atoms. The van der Waals surface area contributed by atoms with Crippen LogP contribution in [0, 0.1) is 0 Å². The molecule has 1 heterocycles. The lowest BCUT2D eigenvalue weighted by molar-refractivity contribution is 0.0899. The minimum atomic E-state index is -4.40. The average Bonchev–Trinajstić information content (AvgIpc) is 3.19. The molecule has 0 spiro atoms. The van der Waals surface area contributed by atoms with Gasteiger partial charge in [0.1, 0.15) is 16.4 Å². The quantitative estimate of drug-likeness (QED) is 0.391. The number of hydrogen-bond donors (Lipinski definition) is 1. The number of methoxy groups -OCH3 is 1. The number of likely N-dealkylation sites (N-methyl/N-ethyl adjacent to an activating group) is 1. The minimum Gasteiger partial charge on any atom is -0.495 e. The first-order valence-electron chi connectivity index (χ1n) is 13.7. The topological polar surface area (TPSA) is 112 Å². The first-order valence-corrected chi connectivity index (χ1v) is 15.1. The molecular formula is C29H40N4O6S. The molecule has 2 aromatic carbocycles. The lowest BCUT2D eigenvalue weighted by Gasteiger charge is -2.29. The van der Waals surface area contributed by atoms with Gasteiger partial charge in [0.2, 0.25) is 0 Å². The Morgan fingerprint density at radius 3 is 2.40 bits per heavy atom. The maximum Gasteiger partial charge on any atom is 0.343 e. The van der Waals surface area contributed by atoms with E-state index in [2.05, 4.69) is 5.32 Å². The highest BCUT2D eigenvalue weighted by Crippen LogP contribution is 2.34. The molecule has 1 aromatic heterocycles. The Balaban J connectivity index is 1.81. The van der Waals surface area contributed by atoms with Gasteiger partial charge in [0.05, 0.1) is 24.8 Å². The zero-order valence-corrected chi connectivity index (χ0v) is 25.0. The van der Waals surface area contributed by atoms with Crippen LogP contribution in [0.3, 0.4) is 0 Å². The molecule has 0 aliphatic heterocycles. The van der Waals surface area contributed by atoms with Gasteiger partial charge in [-0.2, -0.15) is 3.97 Å². The van der Waals surface area contributed by atoms with Crippen molar-refractivity contribution in [3.63, 3.8) is 0 Å². The number of hydrogen-bond acceptors (Lipinski definition) is 7. The molecule has 0 saturated heterocycles. The van der Waals surface area contributed by atoms with Gasteiger partial charge in [0, 0.05) is 29.8 Å². The molecule has 40 heavy (non-hydrogen) atoms. The van der Waals surface area contributed by atoms with Crippen LogP contribution < -0.4 is 20.5 Å². The first kappa shape index (κ1) is 29.7. The predicted molar refractivity (Wildman–Crippen MR) is 155 cm³/mol. The summed E-state index contributed by atoms with van der Waals surface area (Å²) in [5, 5.41) is 2.98. The van der Waals surface area contributed by atoms with E-state index >= 15 is 0 Å². The van der Waals surface area contributed by atoms with Crippen LogP contribution >= 0.6 is 0 Å². The molecule has 1 fully saturated rings. The molecule has 1 aliphatic rings. The Kier molecular flexibility index (Phi) is 8.65. The normalized spacial score (nSPS) is 15.0. The summed E-state index contributed by atoms with van der Waals surface area (Å²) < 4.78 is 41.8. The number of aromatic nitrogens is 2. The highest BCUT2D eigenvalue weighted by Gasteiger charge is 2.32. The van der Waals surface area contributed by atoms with Crippen molar-refractivity contribution in [3.05, 3.63) is 52.4 Å². The summed E-state index contributed by atoms with van der Waals surface area (Å²) in [4.78, 5) is 28.7. The van der Waals surface area contributed by atoms with Crippen molar-refractivity contribution in [1.29, 1.82) is 0 Å². The second-order valence-electron chi connectivity index (χ2n) is 11.2. The van der Waals surface area contributed by atoms with Gasteiger partial charge >= 0.3 is 5.69 Å². The molecule has 1 amide bonds. The van der Waals surface area contributed by atoms with E-state index in [1.807, 2.05) is 39.8 Å². The lowest BCUT2D eigenvalue weighted by atomic mass is 9.95. The van der Waals surface area contributed by atoms with Crippen molar-refractivity contribution in [2.45, 2.75) is 69.4 Å². The molecule has 0 unspecified atom stereocenters. The fraction of sp³-hybridized carbons (Fsp3) is 0.517. The van der Waals surface area contributed by atoms with E-state index in [4.69, 9.17) is 9.47 Å². The Morgan fingerprint density at radius 2 is 1.77 bits per heavy atom. The van der Waals surface area contributed by atoms with Crippen molar-refractivity contribution >= 4 is 27.0 Å². The number of benzene rings is 2. The number of fused-ring (bicyclic) bond motifs is 1. The van der Waals surface area contributed by atoms with Gasteiger partial charge in [-0.05, 0) is 78.0 Å². The zero-order valence-electron chi connectivity index (χ0n) is 24.2. The number of ether oxygens (including phenoxy) is 2. The molecule has 4 rings (SSSR count). The van der Waals surface area contributed by atoms with Crippen LogP contribution in [-0.2, 0) is 10.0 Å². The number of nitrogens with zero attached hydrogens (tertiary/aromatic N) is 3. The summed E-state index contributed by atoms with van der Waals surface area (Å²) in [5.41, 5.74) is -0.101. The third-order valence-corrected chi connectivity index (χ3v) is 8.89. The summed E-state index contributed by atoms with van der Waals surface area (Å²) in [6, 6.07) is 9.08. The fourth-order valence-corrected chi connectivity index (χ4v) is 7.22. The van der Waals surface area contributed by atoms with Crippen LogP contribution in [0.4, 0.5) is 0 Å². The van der Waals surface area contributed by atoms with Crippen molar-refractivity contribution < 1.29 is 22.7 Å². The molecule has 218 valence electrons. The van der Waals surface area contributed by atoms with E-state index in [0.717, 1.165) is 36.1 Å². The van der Waals surface area contributed by atoms with Crippen LogP contribution in [0.25, 0.3) is 11.0 Å². The highest BCUT2D eigenvalue weighted by atomic mass is 32.2. The van der Waals surface area contributed by atoms with Crippen molar-refractivity contribution in [1.82, 2.24) is 18.8 Å². The molecule has 1 aliphatic carbocycles. The Labute approximate surface area is 235 Å². The van der Waals surface area contributed by atoms with E-state index in [1.54, 1.807) is 22.8 Å². The van der Waals surface area contributed by atoms with E-state index in [1.165, 1.54) is 25.3 Å². The Hall–Kier alpha value is -3.31. The molecular weight excluding hydrogens is 532 g/mol. The van der Waals surface area contributed by atoms with Gasteiger partial charge in [-0.15, -0.1) is 0 Å². The van der Waals surface area contributed by atoms with Crippen LogP contribution in [0.1, 0.15) is 69.3 Å². The monoisotopic (exact) mass is 572 g/mol. The molecule has 1 saturated carbocycles. The second-order valence-corrected chi connectivity index (χ2v) is 13.0. The van der Waals surface area contributed by atoms with Crippen LogP contribution in [0.15, 0.2) is 46.1 Å². The number of amides is 1. The number of carbonyl (C=O) groups is 1. The van der Waals surface area contributed by atoms with Crippen molar-refractivity contribution in [2.75, 3.05) is 34.4 Å². The smallest absolute Gasteiger partial charge is 0.343 e. The average molecular weight is 573 g/mol. The van der Waals surface area contributed by atoms with E-state index < -0.39 is 21.3 Å². The summed E-state index contributed by atoms with van der Waals surface area (Å²) in [6.07, 6.45) is 4.65. The minimum absolute atomic E-state index is 0.0190. The number of imidazole rings is 1. The standard InChI is InChI=1S/C29H40N4O6S/c1-7-39-22-14-15-23-24(18-22)32(21-11-9-8-10-12-21)28(35)33(23)40(36,37)26-16-13-20(17-25(26)38-6)27(34)30-29(2,3)19-31(4)5/h13-18,21H,7-12,19H2,1-6H3,(H,30,34). The number of nitrogens with one attached hydrogen (secondary N) is 1. The molecule has 0 radical (unpaired) electrons. The van der Waals surface area contributed by atoms with Gasteiger partial charge in [-0.25, -0.2) is 13.2 Å². The molecule has 1 N–H and O–H groups in total. The maximum absolute atomic E-state index is 14.1. The summed E-state index contributed by atoms with van der Waals surface area (Å²) in [5.74, 6) is 0.192. The molecule has 3 aromatic rings. The van der Waals surface area contributed by atoms with Gasteiger partial charge in [0.25, 0.3) is 15.9 Å². The van der Waals surface area contributed by atoms with Crippen LogP contribution in [0.2, 0.25) is 0 Å². The first-order chi connectivity index (χ1) is 18.9. The summed E-state index contributed by atoms with van der Waals surface area (Å²) in [7, 11) is 0.782. The Morgan fingerprint density at radius 1 is 1.07 bits per heavy atom. The summed E-state index contributed by atoms with van der Waals surface area (Å²) >= 11 is 0. The largest absolute Gasteiger partial charge is 0.495 e. The van der Waals surface area contributed by atoms with E-state index in [-0.39, 0.29) is 33.7 Å². The number of rotatable bonds is 10. The summed E-state index contributed by atoms with van der Waals surface area (Å²) in [6.45, 7) is 6.75. The second kappa shape index (κ2) is 11.7. The van der Waals surface area contributed by atoms with Crippen molar-refractivity contribution in [3.8, 4) is 11.5 Å². The van der Waals surface area contributed by atoms with E-state index in [9.17, 15) is 18.0 Å². The number of carbonyl (C=O) groups excluding carboxylic acids is 1. The zero-order chi connectivity index (χ0) is 29.2. The third kappa shape index (κ3) is 5.90.